The van der Waals surface area contributed by atoms with Crippen LogP contribution in [-0.2, 0) is 25.7 Å². The number of aliphatic carboxylic acids is 2. The molecule has 2 atom stereocenters. The summed E-state index contributed by atoms with van der Waals surface area (Å²) in [4.78, 5) is 47.3. The number of benzene rings is 1. The fourth-order valence-corrected chi connectivity index (χ4v) is 3.96. The van der Waals surface area contributed by atoms with E-state index in [1.165, 1.54) is 0 Å². The van der Waals surface area contributed by atoms with Crippen molar-refractivity contribution < 1.29 is 42.6 Å². The standard InChI is InChI=1S/C23H27N3O4.C2HF3O2/c1-2-18(13-22(28)29)25-23(30)20-15-26(14-17-5-3-4-6-19(17)20)21(27)8-7-16-9-11-24-12-10-16;3-2(4,5)1(6)7/h1,3-8,16,18,20,24H,9-15H2,(H,25,30)(H,28,29);(H,6,7)/b8-7+;. The van der Waals surface area contributed by atoms with Gasteiger partial charge in [-0.25, -0.2) is 4.79 Å². The van der Waals surface area contributed by atoms with E-state index in [0.717, 1.165) is 37.1 Å². The second kappa shape index (κ2) is 13.5. The second-order valence-electron chi connectivity index (χ2n) is 8.55. The Morgan fingerprint density at radius 3 is 2.38 bits per heavy atom. The van der Waals surface area contributed by atoms with E-state index in [-0.39, 0.29) is 24.8 Å². The van der Waals surface area contributed by atoms with E-state index in [2.05, 4.69) is 16.6 Å². The summed E-state index contributed by atoms with van der Waals surface area (Å²) in [6, 6.07) is 6.61. The van der Waals surface area contributed by atoms with Gasteiger partial charge < -0.3 is 25.7 Å². The molecule has 37 heavy (non-hydrogen) atoms. The van der Waals surface area contributed by atoms with Gasteiger partial charge in [0.2, 0.25) is 11.8 Å². The van der Waals surface area contributed by atoms with Crippen molar-refractivity contribution in [1.29, 1.82) is 0 Å². The average molecular weight is 524 g/mol. The van der Waals surface area contributed by atoms with Gasteiger partial charge in [0.05, 0.1) is 12.3 Å². The van der Waals surface area contributed by atoms with E-state index < -0.39 is 30.1 Å². The number of halogens is 3. The topological polar surface area (TPSA) is 136 Å². The number of nitrogens with zero attached hydrogens (tertiary/aromatic N) is 1. The smallest absolute Gasteiger partial charge is 0.481 e. The van der Waals surface area contributed by atoms with Crippen LogP contribution in [0.5, 0.6) is 0 Å². The van der Waals surface area contributed by atoms with Gasteiger partial charge in [0.15, 0.2) is 0 Å². The monoisotopic (exact) mass is 523 g/mol. The van der Waals surface area contributed by atoms with E-state index in [1.54, 1.807) is 11.0 Å². The van der Waals surface area contributed by atoms with Crippen LogP contribution in [0.1, 0.15) is 36.3 Å². The van der Waals surface area contributed by atoms with Gasteiger partial charge in [-0.2, -0.15) is 13.2 Å². The Bertz CT molecular complexity index is 1060. The first kappa shape index (κ1) is 29.4. The molecule has 3 rings (SSSR count). The third-order valence-corrected chi connectivity index (χ3v) is 5.86. The van der Waals surface area contributed by atoms with Crippen LogP contribution in [0, 0.1) is 18.3 Å². The number of hydrogen-bond acceptors (Lipinski definition) is 5. The van der Waals surface area contributed by atoms with Crippen LogP contribution < -0.4 is 10.6 Å². The van der Waals surface area contributed by atoms with Crippen LogP contribution in [0.25, 0.3) is 0 Å². The van der Waals surface area contributed by atoms with Gasteiger partial charge in [0.25, 0.3) is 0 Å². The molecular formula is C25H28F3N3O6. The molecule has 1 fully saturated rings. The Balaban J connectivity index is 0.000000604. The Kier molecular flexibility index (Phi) is 10.7. The molecule has 0 saturated carbocycles. The van der Waals surface area contributed by atoms with Crippen molar-refractivity contribution in [3.05, 3.63) is 47.5 Å². The van der Waals surface area contributed by atoms with Gasteiger partial charge in [-0.15, -0.1) is 6.42 Å². The molecular weight excluding hydrogens is 495 g/mol. The lowest BCUT2D eigenvalue weighted by Crippen LogP contribution is -2.46. The number of hydrogen-bond donors (Lipinski definition) is 4. The van der Waals surface area contributed by atoms with E-state index in [1.807, 2.05) is 30.3 Å². The number of carbonyl (C=O) groups is 4. The van der Waals surface area contributed by atoms with E-state index >= 15 is 0 Å². The molecule has 4 N–H and O–H groups in total. The molecule has 0 spiro atoms. The highest BCUT2D eigenvalue weighted by Gasteiger charge is 2.38. The Morgan fingerprint density at radius 2 is 1.81 bits per heavy atom. The summed E-state index contributed by atoms with van der Waals surface area (Å²) in [6.07, 6.45) is 5.55. The summed E-state index contributed by atoms with van der Waals surface area (Å²) >= 11 is 0. The first-order chi connectivity index (χ1) is 17.4. The summed E-state index contributed by atoms with van der Waals surface area (Å²) in [7, 11) is 0. The van der Waals surface area contributed by atoms with Crippen LogP contribution in [0.2, 0.25) is 0 Å². The third-order valence-electron chi connectivity index (χ3n) is 5.86. The molecule has 1 aromatic rings. The number of alkyl halides is 3. The zero-order chi connectivity index (χ0) is 27.6. The number of allylic oxidation sites excluding steroid dienone is 1. The number of terminal acetylenes is 1. The van der Waals surface area contributed by atoms with Crippen LogP contribution in [0.3, 0.4) is 0 Å². The average Bonchev–Trinajstić information content (AvgIpc) is 2.86. The van der Waals surface area contributed by atoms with Crippen LogP contribution in [0.4, 0.5) is 13.2 Å². The minimum absolute atomic E-state index is 0.125. The molecule has 2 aliphatic heterocycles. The fourth-order valence-electron chi connectivity index (χ4n) is 3.96. The molecule has 1 aromatic carbocycles. The summed E-state index contributed by atoms with van der Waals surface area (Å²) < 4.78 is 31.7. The minimum atomic E-state index is -5.08. The molecule has 12 heteroatoms. The van der Waals surface area contributed by atoms with Crippen molar-refractivity contribution >= 4 is 23.8 Å². The first-order valence-corrected chi connectivity index (χ1v) is 11.5. The number of nitrogens with one attached hydrogen (secondary N) is 2. The molecule has 1 saturated heterocycles. The summed E-state index contributed by atoms with van der Waals surface area (Å²) in [5.41, 5.74) is 1.75. The highest BCUT2D eigenvalue weighted by Crippen LogP contribution is 2.29. The summed E-state index contributed by atoms with van der Waals surface area (Å²) in [5.74, 6) is -2.24. The predicted molar refractivity (Wildman–Crippen MR) is 126 cm³/mol. The summed E-state index contributed by atoms with van der Waals surface area (Å²) in [6.45, 7) is 2.57. The van der Waals surface area contributed by atoms with E-state index in [9.17, 15) is 27.6 Å². The number of carboxylic acids is 2. The molecule has 0 aliphatic carbocycles. The van der Waals surface area contributed by atoms with Crippen molar-refractivity contribution in [3.8, 4) is 12.3 Å². The Labute approximate surface area is 211 Å². The molecule has 2 heterocycles. The number of amides is 2. The Hall–Kier alpha value is -3.85. The normalized spacial score (nSPS) is 18.5. The highest BCUT2D eigenvalue weighted by molar-refractivity contribution is 5.90. The third kappa shape index (κ3) is 9.27. The van der Waals surface area contributed by atoms with Gasteiger partial charge in [-0.1, -0.05) is 36.3 Å². The number of fused-ring (bicyclic) bond motifs is 1. The number of piperidine rings is 1. The van der Waals surface area contributed by atoms with Gasteiger partial charge in [-0.3, -0.25) is 14.4 Å². The summed E-state index contributed by atoms with van der Waals surface area (Å²) in [5, 5.41) is 22.0. The maximum absolute atomic E-state index is 12.9. The first-order valence-electron chi connectivity index (χ1n) is 11.5. The SMILES string of the molecule is C#CC(CC(=O)O)NC(=O)C1CN(C(=O)/C=C/C2CCNCC2)Cc2ccccc21.O=C(O)C(F)(F)F. The van der Waals surface area contributed by atoms with E-state index in [0.29, 0.717) is 12.5 Å². The molecule has 200 valence electrons. The van der Waals surface area contributed by atoms with Crippen molar-refractivity contribution in [2.75, 3.05) is 19.6 Å². The number of carbonyl (C=O) groups excluding carboxylic acids is 2. The second-order valence-corrected chi connectivity index (χ2v) is 8.55. The van der Waals surface area contributed by atoms with E-state index in [4.69, 9.17) is 21.4 Å². The molecule has 0 bridgehead atoms. The highest BCUT2D eigenvalue weighted by atomic mass is 19.4. The lowest BCUT2D eigenvalue weighted by atomic mass is 9.88. The van der Waals surface area contributed by atoms with Gasteiger partial charge >= 0.3 is 18.1 Å². The van der Waals surface area contributed by atoms with Crippen molar-refractivity contribution in [3.63, 3.8) is 0 Å². The number of rotatable bonds is 6. The minimum Gasteiger partial charge on any atom is -0.481 e. The largest absolute Gasteiger partial charge is 0.490 e. The molecule has 0 radical (unpaired) electrons. The molecule has 2 aliphatic rings. The van der Waals surface area contributed by atoms with Crippen LogP contribution in [-0.4, -0.2) is 70.7 Å². The van der Waals surface area contributed by atoms with Gasteiger partial charge in [0.1, 0.15) is 6.04 Å². The molecule has 2 amide bonds. The van der Waals surface area contributed by atoms with Crippen LogP contribution in [0.15, 0.2) is 36.4 Å². The molecule has 0 aromatic heterocycles. The zero-order valence-corrected chi connectivity index (χ0v) is 19.8. The van der Waals surface area contributed by atoms with Crippen molar-refractivity contribution in [2.45, 2.75) is 43.9 Å². The number of carboxylic acid groups (broad SMARTS) is 2. The Morgan fingerprint density at radius 1 is 1.19 bits per heavy atom. The fraction of sp³-hybridized carbons (Fsp3) is 0.440. The van der Waals surface area contributed by atoms with Crippen molar-refractivity contribution in [1.82, 2.24) is 15.5 Å². The van der Waals surface area contributed by atoms with Crippen LogP contribution >= 0.6 is 0 Å². The van der Waals surface area contributed by atoms with Gasteiger partial charge in [-0.05, 0) is 49.1 Å². The predicted octanol–water partition coefficient (Wildman–Crippen LogP) is 1.89. The lowest BCUT2D eigenvalue weighted by molar-refractivity contribution is -0.192. The molecule has 2 unspecified atom stereocenters. The zero-order valence-electron chi connectivity index (χ0n) is 19.8. The van der Waals surface area contributed by atoms with Crippen molar-refractivity contribution in [2.24, 2.45) is 5.92 Å². The molecule has 9 nitrogen and oxygen atoms in total. The maximum Gasteiger partial charge on any atom is 0.490 e. The van der Waals surface area contributed by atoms with Gasteiger partial charge in [0, 0.05) is 13.1 Å². The quantitative estimate of drug-likeness (QED) is 0.330. The maximum atomic E-state index is 12.9. The lowest BCUT2D eigenvalue weighted by Gasteiger charge is -2.34.